The van der Waals surface area contributed by atoms with Crippen LogP contribution in [-0.2, 0) is 6.54 Å². The number of nitrogens with zero attached hydrogens (tertiary/aromatic N) is 1. The summed E-state index contributed by atoms with van der Waals surface area (Å²) in [4.78, 5) is 0. The predicted molar refractivity (Wildman–Crippen MR) is 127 cm³/mol. The third kappa shape index (κ3) is 2.49. The molecule has 0 aliphatic carbocycles. The van der Waals surface area contributed by atoms with Crippen LogP contribution in [0, 0.1) is 0 Å². The van der Waals surface area contributed by atoms with Gasteiger partial charge in [-0.3, -0.25) is 0 Å². The van der Waals surface area contributed by atoms with E-state index in [4.69, 9.17) is 0 Å². The lowest BCUT2D eigenvalue weighted by atomic mass is 9.92. The van der Waals surface area contributed by atoms with Gasteiger partial charge in [0.15, 0.2) is 0 Å². The number of aromatic nitrogens is 1. The van der Waals surface area contributed by atoms with Crippen LogP contribution in [0.15, 0.2) is 78.9 Å². The topological polar surface area (TPSA) is 3.88 Å². The van der Waals surface area contributed by atoms with Crippen LogP contribution >= 0.6 is 11.3 Å². The van der Waals surface area contributed by atoms with Crippen molar-refractivity contribution < 1.29 is 4.57 Å². The minimum absolute atomic E-state index is 0.974. The molecule has 1 heterocycles. The molecule has 0 fully saturated rings. The lowest BCUT2D eigenvalue weighted by Gasteiger charge is -2.12. The molecular weight excluding hydrogens is 370 g/mol. The quantitative estimate of drug-likeness (QED) is 0.221. The maximum atomic E-state index is 2.40. The van der Waals surface area contributed by atoms with E-state index in [2.05, 4.69) is 103 Å². The molecule has 0 radical (unpaired) electrons. The molecule has 0 saturated carbocycles. The second-order valence-electron chi connectivity index (χ2n) is 7.50. The molecule has 5 aromatic carbocycles. The molecule has 0 aliphatic heterocycles. The van der Waals surface area contributed by atoms with Crippen molar-refractivity contribution in [2.24, 2.45) is 0 Å². The summed E-state index contributed by atoms with van der Waals surface area (Å²) in [6, 6.07) is 28.8. The van der Waals surface area contributed by atoms with Gasteiger partial charge in [0.05, 0.1) is 0 Å². The van der Waals surface area contributed by atoms with Crippen molar-refractivity contribution in [1.82, 2.24) is 0 Å². The molecule has 1 aromatic heterocycles. The van der Waals surface area contributed by atoms with Crippen molar-refractivity contribution in [3.63, 3.8) is 0 Å². The van der Waals surface area contributed by atoms with Crippen LogP contribution in [-0.4, -0.2) is 0 Å². The predicted octanol–water partition coefficient (Wildman–Crippen LogP) is 7.28. The standard InChI is InChI=1S/C27H20NS/c1-2-28-23-8-3-4-9-24(23)29-25(28)17-15-18-10-11-21-13-12-19-6-5-7-20-14-16-22(18)27(21)26(19)20/h3-17H,2H2,1H3/q+1. The van der Waals surface area contributed by atoms with Crippen molar-refractivity contribution >= 4 is 66.0 Å². The average Bonchev–Trinajstić information content (AvgIpc) is 3.14. The van der Waals surface area contributed by atoms with E-state index in [1.807, 2.05) is 11.3 Å². The molecule has 138 valence electrons. The Bertz CT molecular complexity index is 1520. The fourth-order valence-electron chi connectivity index (χ4n) is 4.57. The first-order valence-electron chi connectivity index (χ1n) is 10.1. The zero-order valence-corrected chi connectivity index (χ0v) is 17.0. The normalized spacial score (nSPS) is 12.3. The Hall–Kier alpha value is -3.23. The second kappa shape index (κ2) is 6.40. The minimum atomic E-state index is 0.974. The summed E-state index contributed by atoms with van der Waals surface area (Å²) in [6.45, 7) is 3.19. The number of hydrogen-bond acceptors (Lipinski definition) is 1. The molecule has 0 amide bonds. The highest BCUT2D eigenvalue weighted by atomic mass is 32.1. The number of fused-ring (bicyclic) bond motifs is 1. The summed E-state index contributed by atoms with van der Waals surface area (Å²) in [5.74, 6) is 0. The van der Waals surface area contributed by atoms with Crippen molar-refractivity contribution in [3.05, 3.63) is 89.4 Å². The van der Waals surface area contributed by atoms with Crippen molar-refractivity contribution in [2.75, 3.05) is 0 Å². The summed E-state index contributed by atoms with van der Waals surface area (Å²) >= 11 is 1.86. The summed E-state index contributed by atoms with van der Waals surface area (Å²) < 4.78 is 3.73. The van der Waals surface area contributed by atoms with Crippen LogP contribution in [0.2, 0.25) is 0 Å². The molecule has 29 heavy (non-hydrogen) atoms. The molecular formula is C27H20NS+. The van der Waals surface area contributed by atoms with Gasteiger partial charge in [-0.1, -0.05) is 78.1 Å². The molecule has 2 heteroatoms. The lowest BCUT2D eigenvalue weighted by Crippen LogP contribution is -2.33. The van der Waals surface area contributed by atoms with Gasteiger partial charge in [-0.25, -0.2) is 0 Å². The van der Waals surface area contributed by atoms with Gasteiger partial charge in [0, 0.05) is 12.1 Å². The van der Waals surface area contributed by atoms with E-state index in [1.165, 1.54) is 53.1 Å². The minimum Gasteiger partial charge on any atom is -0.182 e. The summed E-state index contributed by atoms with van der Waals surface area (Å²) in [6.07, 6.45) is 4.56. The third-order valence-corrected chi connectivity index (χ3v) is 7.05. The number of benzene rings is 5. The van der Waals surface area contributed by atoms with Gasteiger partial charge >= 0.3 is 0 Å². The van der Waals surface area contributed by atoms with Gasteiger partial charge in [0.1, 0.15) is 11.2 Å². The van der Waals surface area contributed by atoms with Crippen molar-refractivity contribution in [3.8, 4) is 0 Å². The van der Waals surface area contributed by atoms with E-state index < -0.39 is 0 Å². The highest BCUT2D eigenvalue weighted by Gasteiger charge is 2.16. The molecule has 0 spiro atoms. The number of thiazole rings is 1. The first kappa shape index (κ1) is 16.7. The molecule has 0 saturated heterocycles. The molecule has 1 nitrogen and oxygen atoms in total. The fraction of sp³-hybridized carbons (Fsp3) is 0.0741. The van der Waals surface area contributed by atoms with Gasteiger partial charge in [0.2, 0.25) is 5.52 Å². The fourth-order valence-corrected chi connectivity index (χ4v) is 5.70. The van der Waals surface area contributed by atoms with E-state index in [9.17, 15) is 0 Å². The molecule has 0 aliphatic rings. The molecule has 0 atom stereocenters. The molecule has 6 rings (SSSR count). The zero-order chi connectivity index (χ0) is 19.4. The number of para-hydroxylation sites is 1. The Kier molecular flexibility index (Phi) is 3.68. The van der Waals surface area contributed by atoms with Crippen LogP contribution in [0.25, 0.3) is 54.7 Å². The number of rotatable bonds is 3. The Morgan fingerprint density at radius 1 is 0.724 bits per heavy atom. The number of hydrogen-bond donors (Lipinski definition) is 0. The largest absolute Gasteiger partial charge is 0.262 e. The van der Waals surface area contributed by atoms with E-state index >= 15 is 0 Å². The van der Waals surface area contributed by atoms with Crippen LogP contribution in [0.4, 0.5) is 0 Å². The summed E-state index contributed by atoms with van der Waals surface area (Å²) in [5.41, 5.74) is 2.59. The Morgan fingerprint density at radius 3 is 2.28 bits per heavy atom. The highest BCUT2D eigenvalue weighted by Crippen LogP contribution is 2.36. The Balaban J connectivity index is 1.57. The number of aryl methyl sites for hydroxylation is 1. The molecule has 0 bridgehead atoms. The van der Waals surface area contributed by atoms with Gasteiger partial charge in [0.25, 0.3) is 5.01 Å². The van der Waals surface area contributed by atoms with Crippen LogP contribution in [0.3, 0.4) is 0 Å². The van der Waals surface area contributed by atoms with Gasteiger partial charge in [-0.15, -0.1) is 0 Å². The van der Waals surface area contributed by atoms with Crippen molar-refractivity contribution in [1.29, 1.82) is 0 Å². The molecule has 6 aromatic rings. The monoisotopic (exact) mass is 390 g/mol. The maximum Gasteiger partial charge on any atom is 0.262 e. The lowest BCUT2D eigenvalue weighted by molar-refractivity contribution is -0.665. The van der Waals surface area contributed by atoms with Gasteiger partial charge in [-0.2, -0.15) is 4.57 Å². The van der Waals surface area contributed by atoms with E-state index in [1.54, 1.807) is 0 Å². The first-order chi connectivity index (χ1) is 14.3. The zero-order valence-electron chi connectivity index (χ0n) is 16.2. The third-order valence-electron chi connectivity index (χ3n) is 5.92. The SMILES string of the molecule is CC[n+]1c(C=Cc2ccc3ccc4cccc5ccc2c3c45)sc2ccccc21. The van der Waals surface area contributed by atoms with E-state index in [0.717, 1.165) is 6.54 Å². The second-order valence-corrected chi connectivity index (χ2v) is 8.56. The van der Waals surface area contributed by atoms with Gasteiger partial charge < -0.3 is 0 Å². The maximum absolute atomic E-state index is 2.40. The van der Waals surface area contributed by atoms with E-state index in [0.29, 0.717) is 0 Å². The van der Waals surface area contributed by atoms with Crippen LogP contribution in [0.1, 0.15) is 17.5 Å². The van der Waals surface area contributed by atoms with Gasteiger partial charge in [-0.05, 0) is 56.9 Å². The smallest absolute Gasteiger partial charge is 0.182 e. The summed E-state index contributed by atoms with van der Waals surface area (Å²) in [5, 5.41) is 9.31. The van der Waals surface area contributed by atoms with Crippen molar-refractivity contribution in [2.45, 2.75) is 13.5 Å². The van der Waals surface area contributed by atoms with Crippen LogP contribution < -0.4 is 4.57 Å². The summed E-state index contributed by atoms with van der Waals surface area (Å²) in [7, 11) is 0. The Morgan fingerprint density at radius 2 is 1.45 bits per heavy atom. The van der Waals surface area contributed by atoms with Crippen LogP contribution in [0.5, 0.6) is 0 Å². The first-order valence-corrected chi connectivity index (χ1v) is 10.9. The average molecular weight is 391 g/mol. The van der Waals surface area contributed by atoms with E-state index in [-0.39, 0.29) is 0 Å². The Labute approximate surface area is 173 Å². The molecule has 0 N–H and O–H groups in total. The molecule has 0 unspecified atom stereocenters. The highest BCUT2D eigenvalue weighted by molar-refractivity contribution is 7.18.